The molecule has 2 atom stereocenters. The number of ether oxygens (including phenoxy) is 1. The Labute approximate surface area is 190 Å². The molecular weight excluding hydrogens is 404 g/mol. The monoisotopic (exact) mass is 440 g/mol. The maximum atomic E-state index is 13.1. The summed E-state index contributed by atoms with van der Waals surface area (Å²) in [4.78, 5) is 37.5. The largest absolute Gasteiger partial charge is 0.383 e. The summed E-state index contributed by atoms with van der Waals surface area (Å²) in [5, 5.41) is 0.599. The molecule has 2 aliphatic heterocycles. The summed E-state index contributed by atoms with van der Waals surface area (Å²) in [5.41, 5.74) is 0.585. The van der Waals surface area contributed by atoms with E-state index < -0.39 is 0 Å². The number of nitrogens with one attached hydrogen (secondary N) is 1. The molecule has 1 aromatic heterocycles. The number of carbonyl (C=O) groups is 1. The van der Waals surface area contributed by atoms with Crippen LogP contribution >= 0.6 is 0 Å². The Balaban J connectivity index is 1.35. The third-order valence-electron chi connectivity index (χ3n) is 7.07. The van der Waals surface area contributed by atoms with Crippen LogP contribution in [0.15, 0.2) is 29.1 Å². The van der Waals surface area contributed by atoms with Gasteiger partial charge in [-0.1, -0.05) is 18.6 Å². The fourth-order valence-electron chi connectivity index (χ4n) is 5.41. The second kappa shape index (κ2) is 11.1. The van der Waals surface area contributed by atoms with E-state index in [0.717, 1.165) is 6.54 Å². The van der Waals surface area contributed by atoms with Gasteiger partial charge in [0.05, 0.1) is 17.5 Å². The maximum absolute atomic E-state index is 13.1. The van der Waals surface area contributed by atoms with Gasteiger partial charge in [0.2, 0.25) is 5.91 Å². The topological polar surface area (TPSA) is 78.5 Å². The van der Waals surface area contributed by atoms with E-state index >= 15 is 0 Å². The summed E-state index contributed by atoms with van der Waals surface area (Å²) >= 11 is 0. The minimum absolute atomic E-state index is 0.118. The molecule has 0 saturated carbocycles. The molecule has 7 nitrogen and oxygen atoms in total. The molecule has 7 heteroatoms. The Hall–Kier alpha value is -2.25. The molecule has 2 fully saturated rings. The van der Waals surface area contributed by atoms with Crippen LogP contribution in [0.4, 0.5) is 0 Å². The number of aryl methyl sites for hydroxylation is 1. The Morgan fingerprint density at radius 2 is 2.06 bits per heavy atom. The standard InChI is InChI=1S/C25H36N4O3/c1-32-17-16-29(18-19-8-7-15-28-14-5-4-11-22(19)28)24(30)13-6-12-23-26-21-10-3-2-9-20(21)25(31)27-23/h2-3,9-10,19,22H,4-8,11-18H2,1H3,(H,26,27,31)/t19-,22+/m1/s1. The van der Waals surface area contributed by atoms with Crippen LogP contribution in [0.25, 0.3) is 10.9 Å². The zero-order valence-electron chi connectivity index (χ0n) is 19.2. The smallest absolute Gasteiger partial charge is 0.258 e. The Kier molecular flexibility index (Phi) is 7.92. The third-order valence-corrected chi connectivity index (χ3v) is 7.07. The highest BCUT2D eigenvalue weighted by atomic mass is 16.5. The number of benzene rings is 1. The average Bonchev–Trinajstić information content (AvgIpc) is 2.82. The number of nitrogens with zero attached hydrogens (tertiary/aromatic N) is 3. The molecule has 2 saturated heterocycles. The van der Waals surface area contributed by atoms with Crippen molar-refractivity contribution in [1.29, 1.82) is 0 Å². The summed E-state index contributed by atoms with van der Waals surface area (Å²) in [6.07, 6.45) is 8.03. The van der Waals surface area contributed by atoms with Crippen molar-refractivity contribution >= 4 is 16.8 Å². The Bertz CT molecular complexity index is 958. The first kappa shape index (κ1) is 22.9. The number of carbonyl (C=O) groups excluding carboxylic acids is 1. The molecule has 3 heterocycles. The molecule has 1 N–H and O–H groups in total. The molecule has 2 aromatic rings. The first-order chi connectivity index (χ1) is 15.7. The second-order valence-corrected chi connectivity index (χ2v) is 9.22. The van der Waals surface area contributed by atoms with E-state index in [0.29, 0.717) is 61.1 Å². The van der Waals surface area contributed by atoms with Gasteiger partial charge in [0.15, 0.2) is 0 Å². The Morgan fingerprint density at radius 3 is 2.94 bits per heavy atom. The molecule has 32 heavy (non-hydrogen) atoms. The molecule has 0 radical (unpaired) electrons. The molecule has 174 valence electrons. The van der Waals surface area contributed by atoms with Crippen molar-refractivity contribution in [3.63, 3.8) is 0 Å². The molecule has 0 unspecified atom stereocenters. The van der Waals surface area contributed by atoms with Crippen molar-refractivity contribution in [2.45, 2.75) is 57.4 Å². The van der Waals surface area contributed by atoms with Gasteiger partial charge in [-0.05, 0) is 63.2 Å². The quantitative estimate of drug-likeness (QED) is 0.649. The van der Waals surface area contributed by atoms with Crippen molar-refractivity contribution in [2.75, 3.05) is 39.9 Å². The van der Waals surface area contributed by atoms with E-state index in [1.807, 2.05) is 23.1 Å². The molecule has 4 rings (SSSR count). The number of hydrogen-bond acceptors (Lipinski definition) is 5. The van der Waals surface area contributed by atoms with Gasteiger partial charge in [-0.3, -0.25) is 9.59 Å². The van der Waals surface area contributed by atoms with Crippen LogP contribution in [0, 0.1) is 5.92 Å². The van der Waals surface area contributed by atoms with Gasteiger partial charge < -0.3 is 19.5 Å². The highest BCUT2D eigenvalue weighted by molar-refractivity contribution is 5.77. The van der Waals surface area contributed by atoms with Crippen LogP contribution in [-0.2, 0) is 16.0 Å². The molecule has 2 aliphatic rings. The van der Waals surface area contributed by atoms with Crippen molar-refractivity contribution in [3.8, 4) is 0 Å². The lowest BCUT2D eigenvalue weighted by Gasteiger charge is -2.45. The van der Waals surface area contributed by atoms with Crippen molar-refractivity contribution in [3.05, 3.63) is 40.4 Å². The van der Waals surface area contributed by atoms with Gasteiger partial charge in [-0.2, -0.15) is 0 Å². The van der Waals surface area contributed by atoms with Crippen LogP contribution in [-0.4, -0.2) is 71.6 Å². The number of aromatic nitrogens is 2. The van der Waals surface area contributed by atoms with Gasteiger partial charge >= 0.3 is 0 Å². The first-order valence-corrected chi connectivity index (χ1v) is 12.1. The normalized spacial score (nSPS) is 21.4. The summed E-state index contributed by atoms with van der Waals surface area (Å²) in [5.74, 6) is 1.39. The lowest BCUT2D eigenvalue weighted by molar-refractivity contribution is -0.133. The average molecular weight is 441 g/mol. The lowest BCUT2D eigenvalue weighted by Crippen LogP contribution is -2.52. The van der Waals surface area contributed by atoms with E-state index in [-0.39, 0.29) is 11.5 Å². The van der Waals surface area contributed by atoms with Crippen LogP contribution in [0.3, 0.4) is 0 Å². The number of aromatic amines is 1. The van der Waals surface area contributed by atoms with E-state index in [4.69, 9.17) is 4.74 Å². The van der Waals surface area contributed by atoms with Crippen molar-refractivity contribution in [2.24, 2.45) is 5.92 Å². The molecule has 1 amide bonds. The van der Waals surface area contributed by atoms with Crippen LogP contribution < -0.4 is 5.56 Å². The van der Waals surface area contributed by atoms with E-state index in [2.05, 4.69) is 14.9 Å². The predicted octanol–water partition coefficient (Wildman–Crippen LogP) is 2.99. The summed E-state index contributed by atoms with van der Waals surface area (Å²) in [6, 6.07) is 7.98. The predicted molar refractivity (Wildman–Crippen MR) is 126 cm³/mol. The number of methoxy groups -OCH3 is 1. The number of fused-ring (bicyclic) bond motifs is 2. The fourth-order valence-corrected chi connectivity index (χ4v) is 5.41. The molecular formula is C25H36N4O3. The highest BCUT2D eigenvalue weighted by Gasteiger charge is 2.34. The number of H-pyrrole nitrogens is 1. The third kappa shape index (κ3) is 5.56. The lowest BCUT2D eigenvalue weighted by atomic mass is 9.83. The van der Waals surface area contributed by atoms with Crippen molar-refractivity contribution < 1.29 is 9.53 Å². The molecule has 0 aliphatic carbocycles. The van der Waals surface area contributed by atoms with Crippen LogP contribution in [0.2, 0.25) is 0 Å². The van der Waals surface area contributed by atoms with Crippen LogP contribution in [0.5, 0.6) is 0 Å². The van der Waals surface area contributed by atoms with Crippen LogP contribution in [0.1, 0.15) is 50.8 Å². The van der Waals surface area contributed by atoms with Gasteiger partial charge in [-0.25, -0.2) is 4.98 Å². The van der Waals surface area contributed by atoms with Gasteiger partial charge in [0, 0.05) is 39.1 Å². The summed E-state index contributed by atoms with van der Waals surface area (Å²) < 4.78 is 5.29. The highest BCUT2D eigenvalue weighted by Crippen LogP contribution is 2.31. The number of hydrogen-bond donors (Lipinski definition) is 1. The minimum Gasteiger partial charge on any atom is -0.383 e. The first-order valence-electron chi connectivity index (χ1n) is 12.1. The summed E-state index contributed by atoms with van der Waals surface area (Å²) in [6.45, 7) is 4.46. The van der Waals surface area contributed by atoms with Gasteiger partial charge in [-0.15, -0.1) is 0 Å². The maximum Gasteiger partial charge on any atom is 0.258 e. The molecule has 0 bridgehead atoms. The number of amides is 1. The van der Waals surface area contributed by atoms with Gasteiger partial charge in [0.1, 0.15) is 5.82 Å². The molecule has 0 spiro atoms. The van der Waals surface area contributed by atoms with Crippen molar-refractivity contribution in [1.82, 2.24) is 19.8 Å². The second-order valence-electron chi connectivity index (χ2n) is 9.22. The number of piperidine rings is 2. The number of para-hydroxylation sites is 1. The van der Waals surface area contributed by atoms with Gasteiger partial charge in [0.25, 0.3) is 5.56 Å². The fraction of sp³-hybridized carbons (Fsp3) is 0.640. The van der Waals surface area contributed by atoms with E-state index in [9.17, 15) is 9.59 Å². The van der Waals surface area contributed by atoms with E-state index in [1.54, 1.807) is 13.2 Å². The summed E-state index contributed by atoms with van der Waals surface area (Å²) in [7, 11) is 1.69. The Morgan fingerprint density at radius 1 is 1.22 bits per heavy atom. The molecule has 1 aromatic carbocycles. The number of rotatable bonds is 9. The zero-order chi connectivity index (χ0) is 22.3. The SMILES string of the molecule is COCCN(C[C@H]1CCCN2CCCC[C@@H]12)C(=O)CCCc1nc2ccccc2c(=O)[nH]1. The minimum atomic E-state index is -0.118. The van der Waals surface area contributed by atoms with E-state index in [1.165, 1.54) is 45.2 Å². The zero-order valence-corrected chi connectivity index (χ0v) is 19.2.